The summed E-state index contributed by atoms with van der Waals surface area (Å²) in [7, 11) is 0. The van der Waals surface area contributed by atoms with Gasteiger partial charge in [-0.15, -0.1) is 0 Å². The van der Waals surface area contributed by atoms with Crippen LogP contribution in [0, 0.1) is 5.82 Å². The Morgan fingerprint density at radius 2 is 1.96 bits per heavy atom. The molecule has 0 fully saturated rings. The Hall–Kier alpha value is -2.69. The second kappa shape index (κ2) is 6.60. The van der Waals surface area contributed by atoms with Crippen LogP contribution >= 0.6 is 0 Å². The smallest absolute Gasteiger partial charge is 0.275 e. The number of hydrogen-bond donors (Lipinski definition) is 1. The van der Waals surface area contributed by atoms with E-state index in [1.165, 1.54) is 34.5 Å². The zero-order chi connectivity index (χ0) is 16.2. The minimum Gasteiger partial charge on any atom is -0.321 e. The van der Waals surface area contributed by atoms with Gasteiger partial charge >= 0.3 is 0 Å². The molecule has 3 aromatic rings. The van der Waals surface area contributed by atoms with Crippen molar-refractivity contribution < 1.29 is 9.18 Å². The van der Waals surface area contributed by atoms with Crippen LogP contribution in [0.1, 0.15) is 35.8 Å². The maximum atomic E-state index is 13.2. The fraction of sp³-hybridized carbons (Fsp3) is 0.222. The van der Waals surface area contributed by atoms with Crippen molar-refractivity contribution in [2.45, 2.75) is 26.2 Å². The van der Waals surface area contributed by atoms with Gasteiger partial charge in [0.1, 0.15) is 17.2 Å². The van der Waals surface area contributed by atoms with Gasteiger partial charge in [-0.05, 0) is 42.7 Å². The van der Waals surface area contributed by atoms with Crippen molar-refractivity contribution in [3.63, 3.8) is 0 Å². The summed E-state index contributed by atoms with van der Waals surface area (Å²) in [5.74, 6) is -0.681. The zero-order valence-electron chi connectivity index (χ0n) is 12.9. The Bertz CT molecular complexity index is 824. The summed E-state index contributed by atoms with van der Waals surface area (Å²) in [4.78, 5) is 16.4. The highest BCUT2D eigenvalue weighted by Crippen LogP contribution is 2.14. The van der Waals surface area contributed by atoms with Crippen LogP contribution in [0.25, 0.3) is 5.65 Å². The average Bonchev–Trinajstić information content (AvgIpc) is 2.97. The molecule has 0 aliphatic carbocycles. The van der Waals surface area contributed by atoms with Gasteiger partial charge in [-0.1, -0.05) is 25.5 Å². The van der Waals surface area contributed by atoms with Gasteiger partial charge < -0.3 is 9.72 Å². The summed E-state index contributed by atoms with van der Waals surface area (Å²) in [6, 6.07) is 10.7. The third-order valence-corrected chi connectivity index (χ3v) is 3.68. The molecule has 0 saturated heterocycles. The molecule has 0 bridgehead atoms. The molecule has 118 valence electrons. The van der Waals surface area contributed by atoms with Crippen LogP contribution in [-0.2, 0) is 6.42 Å². The van der Waals surface area contributed by atoms with E-state index in [2.05, 4.69) is 17.2 Å². The molecule has 0 radical (unpaired) electrons. The first-order chi connectivity index (χ1) is 11.2. The number of anilines is 1. The number of fused-ring (bicyclic) bond motifs is 1. The van der Waals surface area contributed by atoms with Gasteiger partial charge in [0.25, 0.3) is 5.91 Å². The molecule has 4 nitrogen and oxygen atoms in total. The lowest BCUT2D eigenvalue weighted by Crippen LogP contribution is -2.12. The van der Waals surface area contributed by atoms with Crippen LogP contribution in [0.15, 0.2) is 48.8 Å². The van der Waals surface area contributed by atoms with Crippen LogP contribution in [0.2, 0.25) is 0 Å². The van der Waals surface area contributed by atoms with Gasteiger partial charge in [0.15, 0.2) is 0 Å². The van der Waals surface area contributed by atoms with E-state index in [0.29, 0.717) is 5.65 Å². The standard InChI is InChI=1S/C18H18FN3O/c1-2-3-4-13-5-8-15(9-6-13)20-18(23)16-12-22-11-14(19)7-10-17(22)21-16/h5-12H,2-4H2,1H3,(H,20,23). The highest BCUT2D eigenvalue weighted by molar-refractivity contribution is 6.03. The summed E-state index contributed by atoms with van der Waals surface area (Å²) in [6.45, 7) is 2.16. The van der Waals surface area contributed by atoms with Crippen LogP contribution < -0.4 is 5.32 Å². The maximum absolute atomic E-state index is 13.2. The van der Waals surface area contributed by atoms with Gasteiger partial charge in [-0.2, -0.15) is 0 Å². The molecule has 23 heavy (non-hydrogen) atoms. The highest BCUT2D eigenvalue weighted by Gasteiger charge is 2.11. The molecule has 2 heterocycles. The third-order valence-electron chi connectivity index (χ3n) is 3.68. The number of carbonyl (C=O) groups excluding carboxylic acids is 1. The number of nitrogens with zero attached hydrogens (tertiary/aromatic N) is 2. The molecule has 0 unspecified atom stereocenters. The molecule has 0 saturated carbocycles. The number of nitrogens with one attached hydrogen (secondary N) is 1. The second-order valence-electron chi connectivity index (χ2n) is 5.49. The number of pyridine rings is 1. The number of aryl methyl sites for hydroxylation is 1. The average molecular weight is 311 g/mol. The molecule has 0 spiro atoms. The highest BCUT2D eigenvalue weighted by atomic mass is 19.1. The Balaban J connectivity index is 1.72. The summed E-state index contributed by atoms with van der Waals surface area (Å²) < 4.78 is 14.7. The number of carbonyl (C=O) groups is 1. The van der Waals surface area contributed by atoms with E-state index < -0.39 is 0 Å². The van der Waals surface area contributed by atoms with E-state index in [4.69, 9.17) is 0 Å². The van der Waals surface area contributed by atoms with E-state index >= 15 is 0 Å². The lowest BCUT2D eigenvalue weighted by atomic mass is 10.1. The van der Waals surface area contributed by atoms with Crippen molar-refractivity contribution in [2.24, 2.45) is 0 Å². The number of hydrogen-bond acceptors (Lipinski definition) is 2. The topological polar surface area (TPSA) is 46.4 Å². The molecule has 2 aromatic heterocycles. The first kappa shape index (κ1) is 15.2. The van der Waals surface area contributed by atoms with Crippen LogP contribution in [0.3, 0.4) is 0 Å². The third kappa shape index (κ3) is 3.56. The van der Waals surface area contributed by atoms with Crippen molar-refractivity contribution in [3.8, 4) is 0 Å². The molecular formula is C18H18FN3O. The van der Waals surface area contributed by atoms with E-state index in [1.807, 2.05) is 24.3 Å². The van der Waals surface area contributed by atoms with Crippen molar-refractivity contribution in [1.29, 1.82) is 0 Å². The van der Waals surface area contributed by atoms with Gasteiger partial charge in [0, 0.05) is 18.1 Å². The molecule has 1 N–H and O–H groups in total. The number of benzene rings is 1. The van der Waals surface area contributed by atoms with E-state index in [1.54, 1.807) is 0 Å². The Morgan fingerprint density at radius 1 is 1.17 bits per heavy atom. The number of rotatable bonds is 5. The fourth-order valence-electron chi connectivity index (χ4n) is 2.40. The summed E-state index contributed by atoms with van der Waals surface area (Å²) in [5.41, 5.74) is 2.77. The molecule has 3 rings (SSSR count). The lowest BCUT2D eigenvalue weighted by Gasteiger charge is -2.05. The number of amides is 1. The Morgan fingerprint density at radius 3 is 2.70 bits per heavy atom. The summed E-state index contributed by atoms with van der Waals surface area (Å²) in [5, 5.41) is 2.81. The first-order valence-electron chi connectivity index (χ1n) is 7.70. The normalized spacial score (nSPS) is 10.9. The van der Waals surface area contributed by atoms with Crippen molar-refractivity contribution in [1.82, 2.24) is 9.38 Å². The molecule has 1 amide bonds. The molecule has 1 aromatic carbocycles. The Kier molecular flexibility index (Phi) is 4.37. The van der Waals surface area contributed by atoms with E-state index in [9.17, 15) is 9.18 Å². The molecule has 0 aliphatic heterocycles. The minimum atomic E-state index is -0.371. The number of aromatic nitrogens is 2. The predicted octanol–water partition coefficient (Wildman–Crippen LogP) is 4.07. The van der Waals surface area contributed by atoms with Gasteiger partial charge in [-0.3, -0.25) is 4.79 Å². The van der Waals surface area contributed by atoms with E-state index in [-0.39, 0.29) is 17.4 Å². The fourth-order valence-corrected chi connectivity index (χ4v) is 2.40. The first-order valence-corrected chi connectivity index (χ1v) is 7.70. The number of unbranched alkanes of at least 4 members (excludes halogenated alkanes) is 1. The minimum absolute atomic E-state index is 0.255. The Labute approximate surface area is 134 Å². The van der Waals surface area contributed by atoms with Crippen molar-refractivity contribution in [2.75, 3.05) is 5.32 Å². The van der Waals surface area contributed by atoms with Crippen molar-refractivity contribution in [3.05, 3.63) is 65.9 Å². The molecule has 5 heteroatoms. The van der Waals surface area contributed by atoms with Gasteiger partial charge in [0.05, 0.1) is 0 Å². The van der Waals surface area contributed by atoms with Gasteiger partial charge in [0.2, 0.25) is 0 Å². The summed E-state index contributed by atoms with van der Waals surface area (Å²) in [6.07, 6.45) is 6.17. The van der Waals surface area contributed by atoms with Crippen LogP contribution in [-0.4, -0.2) is 15.3 Å². The SMILES string of the molecule is CCCCc1ccc(NC(=O)c2cn3cc(F)ccc3n2)cc1. The number of imidazole rings is 1. The quantitative estimate of drug-likeness (QED) is 0.772. The second-order valence-corrected chi connectivity index (χ2v) is 5.49. The number of halogens is 1. The van der Waals surface area contributed by atoms with Crippen LogP contribution in [0.4, 0.5) is 10.1 Å². The van der Waals surface area contributed by atoms with E-state index in [0.717, 1.165) is 24.9 Å². The monoisotopic (exact) mass is 311 g/mol. The molecule has 0 atom stereocenters. The molecule has 0 aliphatic rings. The van der Waals surface area contributed by atoms with Gasteiger partial charge in [-0.25, -0.2) is 9.37 Å². The lowest BCUT2D eigenvalue weighted by molar-refractivity contribution is 0.102. The molecular weight excluding hydrogens is 293 g/mol. The van der Waals surface area contributed by atoms with Crippen LogP contribution in [0.5, 0.6) is 0 Å². The zero-order valence-corrected chi connectivity index (χ0v) is 12.9. The summed E-state index contributed by atoms with van der Waals surface area (Å²) >= 11 is 0. The maximum Gasteiger partial charge on any atom is 0.275 e. The largest absolute Gasteiger partial charge is 0.321 e. The predicted molar refractivity (Wildman–Crippen MR) is 88.2 cm³/mol. The van der Waals surface area contributed by atoms with Crippen molar-refractivity contribution >= 4 is 17.2 Å².